The summed E-state index contributed by atoms with van der Waals surface area (Å²) in [6.45, 7) is 15.8. The maximum absolute atomic E-state index is 13.5. The third kappa shape index (κ3) is 22.9. The fraction of sp³-hybridized carbons (Fsp3) is 0.612. The lowest BCUT2D eigenvalue weighted by atomic mass is 9.69. The van der Waals surface area contributed by atoms with Gasteiger partial charge in [0, 0.05) is 143 Å². The van der Waals surface area contributed by atoms with Gasteiger partial charge in [0.15, 0.2) is 22.4 Å². The lowest BCUT2D eigenvalue weighted by Crippen LogP contribution is -2.55. The predicted molar refractivity (Wildman–Crippen MR) is 475 cm³/mol. The largest absolute Gasteiger partial charge is 0.421 e. The molecular formula is C98H121F12N11O13S. The Morgan fingerprint density at radius 3 is 0.956 bits per heavy atom. The number of carbonyl (C=O) groups is 6. The number of benzene rings is 5. The van der Waals surface area contributed by atoms with Gasteiger partial charge in [0.1, 0.15) is 0 Å². The number of halogens is 12. The van der Waals surface area contributed by atoms with E-state index in [4.69, 9.17) is 11.3 Å². The van der Waals surface area contributed by atoms with Gasteiger partial charge in [0.05, 0.1) is 42.8 Å². The average Bonchev–Trinajstić information content (AvgIpc) is 1.68. The summed E-state index contributed by atoms with van der Waals surface area (Å²) in [4.78, 5) is 97.1. The van der Waals surface area contributed by atoms with Crippen molar-refractivity contribution in [2.24, 2.45) is 0 Å². The number of hydrogen-bond acceptors (Lipinski definition) is 15. The summed E-state index contributed by atoms with van der Waals surface area (Å²) in [5, 5.41) is 49.2. The van der Waals surface area contributed by atoms with Crippen LogP contribution in [-0.4, -0.2) is 277 Å². The monoisotopic (exact) mass is 1920 g/mol. The Bertz CT molecular complexity index is 5160. The molecule has 5 heterocycles. The molecule has 4 atom stereocenters. The number of nitrogens with zero attached hydrogens (tertiary/aromatic N) is 11. The first-order valence-corrected chi connectivity index (χ1v) is 48.2. The van der Waals surface area contributed by atoms with Gasteiger partial charge in [-0.3, -0.25) is 28.8 Å². The fourth-order valence-corrected chi connectivity index (χ4v) is 21.3. The predicted octanol–water partition coefficient (Wildman–Crippen LogP) is 15.7. The van der Waals surface area contributed by atoms with Crippen LogP contribution in [-0.2, 0) is 47.4 Å². The molecule has 736 valence electrons. The van der Waals surface area contributed by atoms with Gasteiger partial charge in [-0.1, -0.05) is 78.9 Å². The third-order valence-corrected chi connectivity index (χ3v) is 31.6. The van der Waals surface area contributed by atoms with E-state index < -0.39 is 68.1 Å². The van der Waals surface area contributed by atoms with Gasteiger partial charge in [-0.2, -0.15) is 57.9 Å². The van der Waals surface area contributed by atoms with E-state index in [0.29, 0.717) is 155 Å². The van der Waals surface area contributed by atoms with Crippen LogP contribution in [0.25, 0.3) is 4.85 Å². The summed E-state index contributed by atoms with van der Waals surface area (Å²) >= 11 is 0. The quantitative estimate of drug-likeness (QED) is 0.0392. The summed E-state index contributed by atoms with van der Waals surface area (Å²) in [5.74, 6) is -1.03. The zero-order valence-electron chi connectivity index (χ0n) is 76.8. The number of urea groups is 1. The molecule has 0 unspecified atom stereocenters. The molecule has 37 heteroatoms. The lowest BCUT2D eigenvalue weighted by molar-refractivity contribution is -0.259. The molecule has 6 aliphatic carbocycles. The van der Waals surface area contributed by atoms with Gasteiger partial charge in [0.25, 0.3) is 23.6 Å². The Kier molecular flexibility index (Phi) is 30.9. The molecule has 24 nitrogen and oxygen atoms in total. The molecule has 11 aliphatic rings. The Labute approximate surface area is 779 Å². The molecule has 4 N–H and O–H groups in total. The number of alkyl halides is 12. The van der Waals surface area contributed by atoms with Crippen LogP contribution in [0.1, 0.15) is 251 Å². The van der Waals surface area contributed by atoms with Gasteiger partial charge in [-0.05, 0) is 245 Å². The van der Waals surface area contributed by atoms with Gasteiger partial charge >= 0.3 is 42.2 Å². The number of likely N-dealkylation sites (tertiary alicyclic amines) is 3. The van der Waals surface area contributed by atoms with E-state index in [-0.39, 0.29) is 123 Å². The number of carbonyl (C=O) groups excluding carboxylic acids is 6. The number of ether oxygens (including phenoxy) is 1. The molecule has 135 heavy (non-hydrogen) atoms. The van der Waals surface area contributed by atoms with Crippen LogP contribution in [0, 0.1) is 17.9 Å². The summed E-state index contributed by atoms with van der Waals surface area (Å²) in [6, 6.07) is 33.6. The van der Waals surface area contributed by atoms with Crippen molar-refractivity contribution in [3.05, 3.63) is 189 Å². The number of aliphatic hydroxyl groups is 4. The van der Waals surface area contributed by atoms with Crippen molar-refractivity contribution in [2.75, 3.05) is 79.7 Å². The van der Waals surface area contributed by atoms with Crippen molar-refractivity contribution in [3.63, 3.8) is 0 Å². The Morgan fingerprint density at radius 1 is 0.407 bits per heavy atom. The standard InChI is InChI=1S/C31H36F3N3O2.C25H30F3N3O4.C21H28F3N3O3.C21H27F3N2O4S/c1-29(39,31(32,33)34)23-9-7-22(8-10-23)28(38)37(26-11-12-26)27-15-19-36(20-16-27)25-13-17-30(21-35,18-14-25)24-5-3-2-4-6-24;1-23(34,25(26,27)28)18-5-3-17(4-6-18)21(32)31(19-7-8-19)20-9-13-30(14-10-20)22(33)24(29-2)11-15-35-16-12-24;1-20(30,21(22,23)24)15-6-4-14(5-7-15)18(28)27(16-8-9-16)17-10-12-26(13-11-17)19(29)25(2)3;1-20(28,21(22,23)24)15-4-2-14(3-5-15)19(27)26(16-6-7-16)17-10-12-25(13-11-17)31(29,30)18-8-9-18/h2-10,25-27,39H,11-20H2,1H3;3-6,19-20,34H,7-16H2,1H3;4-7,16-17,30H,8-13H2,1-3H3;2-5,16-18,28H,6-13H2,1H3/t25?,29-,30?;23-;2*20-/m0000/s1. The second-order valence-electron chi connectivity index (χ2n) is 39.0. The first kappa shape index (κ1) is 103. The second-order valence-corrected chi connectivity index (χ2v) is 41.2. The van der Waals surface area contributed by atoms with E-state index in [1.54, 1.807) is 28.8 Å². The van der Waals surface area contributed by atoms with Crippen LogP contribution in [0.15, 0.2) is 127 Å². The SMILES string of the molecule is CN(C)C(=O)N1CCC(N(C(=O)c2ccc([C@](C)(O)C(F)(F)F)cc2)C2CC2)CC1.C[C@](O)(c1ccc(C(=O)N(C2CC2)C2CCN(C3CCC(C#N)(c4ccccc4)CC3)CC2)cc1)C(F)(F)F.C[C@](O)(c1ccc(C(=O)N(C2CC2)C2CCN(S(=O)(=O)C3CC3)CC2)cc1)C(F)(F)F.[C-]#[N+]C1(C(=O)N2CCC(N(C(=O)c3ccc([C@](C)(O)C(F)(F)F)cc3)C3CC3)CC2)CCOCC1. The normalized spacial score (nSPS) is 23.3. The molecule has 5 aliphatic heterocycles. The molecule has 16 rings (SSSR count). The molecule has 7 amide bonds. The highest BCUT2D eigenvalue weighted by molar-refractivity contribution is 7.90. The van der Waals surface area contributed by atoms with E-state index in [1.165, 1.54) is 69.9 Å². The Morgan fingerprint density at radius 2 is 0.689 bits per heavy atom. The van der Waals surface area contributed by atoms with E-state index in [1.807, 2.05) is 32.9 Å². The van der Waals surface area contributed by atoms with Gasteiger partial charge in [-0.25, -0.2) is 24.1 Å². The second kappa shape index (κ2) is 40.5. The van der Waals surface area contributed by atoms with E-state index in [2.05, 4.69) is 27.9 Å². The minimum absolute atomic E-state index is 0.00540. The van der Waals surface area contributed by atoms with E-state index >= 15 is 0 Å². The number of amides is 7. The molecule has 0 aromatic heterocycles. The molecule has 11 fully saturated rings. The zero-order chi connectivity index (χ0) is 98.1. The van der Waals surface area contributed by atoms with Crippen molar-refractivity contribution in [3.8, 4) is 6.07 Å². The van der Waals surface area contributed by atoms with Crippen LogP contribution >= 0.6 is 0 Å². The molecular weight excluding hydrogens is 1800 g/mol. The molecule has 5 aromatic rings. The Hall–Kier alpha value is -9.47. The molecule has 0 bridgehead atoms. The highest BCUT2D eigenvalue weighted by Gasteiger charge is 2.57. The third-order valence-electron chi connectivity index (χ3n) is 29.2. The highest BCUT2D eigenvalue weighted by Crippen LogP contribution is 2.48. The number of hydrogen-bond donors (Lipinski definition) is 4. The number of sulfonamides is 1. The van der Waals surface area contributed by atoms with Gasteiger partial charge in [0.2, 0.25) is 10.0 Å². The molecule has 6 saturated carbocycles. The van der Waals surface area contributed by atoms with Crippen LogP contribution in [0.2, 0.25) is 0 Å². The lowest BCUT2D eigenvalue weighted by Gasteiger charge is -2.45. The first-order valence-electron chi connectivity index (χ1n) is 46.7. The maximum atomic E-state index is 13.5. The number of nitriles is 1. The number of piperidine rings is 4. The van der Waals surface area contributed by atoms with Crippen molar-refractivity contribution in [2.45, 2.75) is 299 Å². The summed E-state index contributed by atoms with van der Waals surface area (Å²) in [7, 11) is 0.174. The van der Waals surface area contributed by atoms with E-state index in [0.717, 1.165) is 152 Å². The summed E-state index contributed by atoms with van der Waals surface area (Å²) in [6.07, 6.45) is -0.896. The molecule has 5 saturated heterocycles. The zero-order valence-corrected chi connectivity index (χ0v) is 77.6. The van der Waals surface area contributed by atoms with Crippen molar-refractivity contribution >= 4 is 45.6 Å². The summed E-state index contributed by atoms with van der Waals surface area (Å²) < 4.78 is 189. The number of rotatable bonds is 21. The first-order chi connectivity index (χ1) is 63.4. The van der Waals surface area contributed by atoms with E-state index in [9.17, 15) is 116 Å². The topological polar surface area (TPSA) is 284 Å². The average molecular weight is 1920 g/mol. The fourth-order valence-electron chi connectivity index (χ4n) is 19.4. The van der Waals surface area contributed by atoms with Crippen LogP contribution in [0.5, 0.6) is 0 Å². The van der Waals surface area contributed by atoms with Crippen LogP contribution in [0.4, 0.5) is 57.5 Å². The van der Waals surface area contributed by atoms with Crippen molar-refractivity contribution in [1.29, 1.82) is 5.26 Å². The highest BCUT2D eigenvalue weighted by atomic mass is 32.2. The minimum atomic E-state index is -4.83. The van der Waals surface area contributed by atoms with Crippen molar-refractivity contribution in [1.82, 2.24) is 43.5 Å². The van der Waals surface area contributed by atoms with Crippen LogP contribution in [0.3, 0.4) is 0 Å². The van der Waals surface area contributed by atoms with Crippen LogP contribution < -0.4 is 0 Å². The summed E-state index contributed by atoms with van der Waals surface area (Å²) in [5.41, 5.74) is -12.3. The van der Waals surface area contributed by atoms with Gasteiger partial charge < -0.3 is 64.4 Å². The Balaban J connectivity index is 0.000000153. The maximum Gasteiger partial charge on any atom is 0.421 e. The van der Waals surface area contributed by atoms with Crippen molar-refractivity contribution < 1.29 is 115 Å². The minimum Gasteiger partial charge on any atom is -0.381 e. The smallest absolute Gasteiger partial charge is 0.381 e. The molecule has 0 spiro atoms. The van der Waals surface area contributed by atoms with Gasteiger partial charge in [-0.15, -0.1) is 0 Å². The molecule has 0 radical (unpaired) electrons. The molecule has 5 aromatic carbocycles.